The number of hydrogen-bond acceptors (Lipinski definition) is 7. The second kappa shape index (κ2) is 17.1. The predicted molar refractivity (Wildman–Crippen MR) is 183 cm³/mol. The fourth-order valence-corrected chi connectivity index (χ4v) is 6.89. The molecule has 2 aromatic rings. The molecule has 2 aromatic carbocycles. The third kappa shape index (κ3) is 11.4. The molecule has 0 unspecified atom stereocenters. The number of piperidine rings is 1. The van der Waals surface area contributed by atoms with E-state index in [4.69, 9.17) is 9.47 Å². The molecule has 258 valence electrons. The molecule has 2 aliphatic rings. The first-order chi connectivity index (χ1) is 22.4. The third-order valence-electron chi connectivity index (χ3n) is 9.60. The van der Waals surface area contributed by atoms with Crippen molar-refractivity contribution in [3.63, 3.8) is 0 Å². The molecular weight excluding hydrogens is 594 g/mol. The van der Waals surface area contributed by atoms with Gasteiger partial charge < -0.3 is 25.2 Å². The Morgan fingerprint density at radius 3 is 2.32 bits per heavy atom. The van der Waals surface area contributed by atoms with E-state index in [2.05, 4.69) is 15.5 Å². The van der Waals surface area contributed by atoms with E-state index in [0.29, 0.717) is 24.7 Å². The van der Waals surface area contributed by atoms with Gasteiger partial charge in [0.05, 0.1) is 25.3 Å². The standard InChI is InChI=1S/C38H55N3O6/c1-26(15-20-35(43)47-25-28-16-18-31(46-5)19-17-28)36(44)39-32(21-27-11-7-6-8-12-27)34(42)24-41-23-30-14-10-9-13-29(30)22-33(41)37(45)40-38(2,3)4/h6-8,11-12,16-19,26,29-30,32-34,42H,9-10,13-15,20-25H2,1-5H3,(H,39,44)(H,40,45)/t26-,29+,30-,32+,33+,34-/m1/s1. The highest BCUT2D eigenvalue weighted by atomic mass is 16.5. The number of ether oxygens (including phenoxy) is 2. The van der Waals surface area contributed by atoms with E-state index in [0.717, 1.165) is 42.7 Å². The fourth-order valence-electron chi connectivity index (χ4n) is 6.89. The first-order valence-corrected chi connectivity index (χ1v) is 17.3. The lowest BCUT2D eigenvalue weighted by Crippen LogP contribution is -2.60. The molecule has 1 saturated heterocycles. The minimum atomic E-state index is -0.897. The van der Waals surface area contributed by atoms with Crippen LogP contribution in [0.25, 0.3) is 0 Å². The van der Waals surface area contributed by atoms with Gasteiger partial charge >= 0.3 is 5.97 Å². The van der Waals surface area contributed by atoms with Crippen molar-refractivity contribution < 1.29 is 29.0 Å². The minimum absolute atomic E-state index is 0.00451. The Balaban J connectivity index is 1.38. The second-order valence-corrected chi connectivity index (χ2v) is 14.6. The molecule has 3 N–H and O–H groups in total. The van der Waals surface area contributed by atoms with Gasteiger partial charge in [-0.2, -0.15) is 0 Å². The summed E-state index contributed by atoms with van der Waals surface area (Å²) in [6.45, 7) is 8.97. The lowest BCUT2D eigenvalue weighted by molar-refractivity contribution is -0.145. The van der Waals surface area contributed by atoms with Crippen LogP contribution in [0.3, 0.4) is 0 Å². The number of fused-ring (bicyclic) bond motifs is 1. The molecule has 6 atom stereocenters. The van der Waals surface area contributed by atoms with Gasteiger partial charge in [-0.05, 0) is 81.5 Å². The second-order valence-electron chi connectivity index (χ2n) is 14.6. The Labute approximate surface area is 280 Å². The number of esters is 1. The van der Waals surface area contributed by atoms with Crippen molar-refractivity contribution in [1.82, 2.24) is 15.5 Å². The van der Waals surface area contributed by atoms with Crippen LogP contribution in [-0.2, 0) is 32.1 Å². The zero-order valence-corrected chi connectivity index (χ0v) is 28.9. The number of hydrogen-bond donors (Lipinski definition) is 3. The van der Waals surface area contributed by atoms with E-state index in [1.54, 1.807) is 14.0 Å². The summed E-state index contributed by atoms with van der Waals surface area (Å²) in [4.78, 5) is 41.6. The lowest BCUT2D eigenvalue weighted by atomic mass is 9.72. The Morgan fingerprint density at radius 1 is 0.979 bits per heavy atom. The molecular formula is C38H55N3O6. The molecule has 1 heterocycles. The van der Waals surface area contributed by atoms with Gasteiger partial charge in [0.1, 0.15) is 12.4 Å². The van der Waals surface area contributed by atoms with Crippen LogP contribution in [0.2, 0.25) is 0 Å². The van der Waals surface area contributed by atoms with Gasteiger partial charge in [-0.15, -0.1) is 0 Å². The van der Waals surface area contributed by atoms with E-state index < -0.39 is 18.1 Å². The van der Waals surface area contributed by atoms with E-state index in [9.17, 15) is 19.5 Å². The Kier molecular flexibility index (Phi) is 13.3. The summed E-state index contributed by atoms with van der Waals surface area (Å²) >= 11 is 0. The Morgan fingerprint density at radius 2 is 1.66 bits per heavy atom. The van der Waals surface area contributed by atoms with E-state index in [1.165, 1.54) is 12.8 Å². The topological polar surface area (TPSA) is 117 Å². The normalized spacial score (nSPS) is 21.9. The van der Waals surface area contributed by atoms with Crippen LogP contribution in [0, 0.1) is 17.8 Å². The lowest BCUT2D eigenvalue weighted by Gasteiger charge is -2.47. The van der Waals surface area contributed by atoms with E-state index >= 15 is 0 Å². The summed E-state index contributed by atoms with van der Waals surface area (Å²) in [6.07, 6.45) is 5.49. The fraction of sp³-hybridized carbons (Fsp3) is 0.605. The predicted octanol–water partition coefficient (Wildman–Crippen LogP) is 5.04. The van der Waals surface area contributed by atoms with Gasteiger partial charge in [0.15, 0.2) is 0 Å². The molecule has 4 rings (SSSR count). The summed E-state index contributed by atoms with van der Waals surface area (Å²) in [6, 6.07) is 16.2. The molecule has 2 amide bonds. The molecule has 0 spiro atoms. The van der Waals surface area contributed by atoms with Crippen molar-refractivity contribution >= 4 is 17.8 Å². The molecule has 9 heteroatoms. The number of likely N-dealkylation sites (tertiary alicyclic amines) is 1. The molecule has 0 bridgehead atoms. The number of rotatable bonds is 14. The Hall–Kier alpha value is -3.43. The van der Waals surface area contributed by atoms with Crippen LogP contribution < -0.4 is 15.4 Å². The highest BCUT2D eigenvalue weighted by Gasteiger charge is 2.41. The first kappa shape index (κ1) is 36.4. The van der Waals surface area contributed by atoms with Gasteiger partial charge in [-0.1, -0.05) is 68.7 Å². The van der Waals surface area contributed by atoms with Crippen molar-refractivity contribution in [3.05, 3.63) is 65.7 Å². The van der Waals surface area contributed by atoms with Gasteiger partial charge in [0, 0.05) is 31.0 Å². The summed E-state index contributed by atoms with van der Waals surface area (Å²) in [5.41, 5.74) is 1.50. The van der Waals surface area contributed by atoms with Crippen molar-refractivity contribution in [2.45, 2.75) is 109 Å². The number of β-amino-alcohol motifs (C(OH)–C–C–N with tert-alkyl or cyclic N) is 1. The molecule has 0 aromatic heterocycles. The van der Waals surface area contributed by atoms with E-state index in [-0.39, 0.29) is 48.9 Å². The van der Waals surface area contributed by atoms with Crippen LogP contribution in [-0.4, -0.2) is 71.7 Å². The monoisotopic (exact) mass is 649 g/mol. The number of nitrogens with one attached hydrogen (secondary N) is 2. The molecule has 1 saturated carbocycles. The highest BCUT2D eigenvalue weighted by Crippen LogP contribution is 2.39. The maximum atomic E-state index is 13.5. The number of carbonyl (C=O) groups is 3. The number of aliphatic hydroxyl groups excluding tert-OH is 1. The number of carbonyl (C=O) groups excluding carboxylic acids is 3. The zero-order valence-electron chi connectivity index (χ0n) is 28.9. The third-order valence-corrected chi connectivity index (χ3v) is 9.60. The van der Waals surface area contributed by atoms with E-state index in [1.807, 2.05) is 75.4 Å². The van der Waals surface area contributed by atoms with Crippen LogP contribution in [0.4, 0.5) is 0 Å². The van der Waals surface area contributed by atoms with Gasteiger partial charge in [0.2, 0.25) is 11.8 Å². The van der Waals surface area contributed by atoms with Crippen LogP contribution in [0.1, 0.15) is 83.8 Å². The van der Waals surface area contributed by atoms with Crippen molar-refractivity contribution in [1.29, 1.82) is 0 Å². The van der Waals surface area contributed by atoms with Crippen molar-refractivity contribution in [3.8, 4) is 5.75 Å². The zero-order chi connectivity index (χ0) is 34.0. The van der Waals surface area contributed by atoms with Crippen molar-refractivity contribution in [2.24, 2.45) is 17.8 Å². The summed E-state index contributed by atoms with van der Waals surface area (Å²) < 4.78 is 10.6. The van der Waals surface area contributed by atoms with Crippen LogP contribution in [0.15, 0.2) is 54.6 Å². The average molecular weight is 650 g/mol. The summed E-state index contributed by atoms with van der Waals surface area (Å²) in [5, 5.41) is 18.0. The number of nitrogens with zero attached hydrogens (tertiary/aromatic N) is 1. The van der Waals surface area contributed by atoms with Gasteiger partial charge in [-0.3, -0.25) is 19.3 Å². The quantitative estimate of drug-likeness (QED) is 0.246. The molecule has 1 aliphatic heterocycles. The number of amides is 2. The van der Waals surface area contributed by atoms with Crippen LogP contribution >= 0.6 is 0 Å². The maximum absolute atomic E-state index is 13.5. The molecule has 0 radical (unpaired) electrons. The smallest absolute Gasteiger partial charge is 0.306 e. The number of benzene rings is 2. The molecule has 1 aliphatic carbocycles. The average Bonchev–Trinajstić information content (AvgIpc) is 3.05. The van der Waals surface area contributed by atoms with Gasteiger partial charge in [-0.25, -0.2) is 0 Å². The summed E-state index contributed by atoms with van der Waals surface area (Å²) in [7, 11) is 1.60. The molecule has 9 nitrogen and oxygen atoms in total. The molecule has 47 heavy (non-hydrogen) atoms. The largest absolute Gasteiger partial charge is 0.497 e. The Bertz CT molecular complexity index is 1290. The maximum Gasteiger partial charge on any atom is 0.306 e. The summed E-state index contributed by atoms with van der Waals surface area (Å²) in [5.74, 6) is 0.725. The number of aliphatic hydroxyl groups is 1. The SMILES string of the molecule is COc1ccc(COC(=O)CC[C@@H](C)C(=O)N[C@@H](Cc2ccccc2)[C@H](O)CN2C[C@H]3CCCC[C@H]3C[C@H]2C(=O)NC(C)(C)C)cc1. The highest BCUT2D eigenvalue weighted by molar-refractivity contribution is 5.82. The molecule has 2 fully saturated rings. The van der Waals surface area contributed by atoms with Crippen molar-refractivity contribution in [2.75, 3.05) is 20.2 Å². The van der Waals surface area contributed by atoms with Crippen LogP contribution in [0.5, 0.6) is 5.75 Å². The van der Waals surface area contributed by atoms with Gasteiger partial charge in [0.25, 0.3) is 0 Å². The number of methoxy groups -OCH3 is 1. The minimum Gasteiger partial charge on any atom is -0.497 e. The first-order valence-electron chi connectivity index (χ1n) is 17.3.